The summed E-state index contributed by atoms with van der Waals surface area (Å²) in [7, 11) is 0. The molecule has 1 aliphatic heterocycles. The fourth-order valence-electron chi connectivity index (χ4n) is 4.29. The van der Waals surface area contributed by atoms with Crippen LogP contribution in [-0.2, 0) is 12.8 Å². The van der Waals surface area contributed by atoms with Crippen LogP contribution in [0.3, 0.4) is 0 Å². The van der Waals surface area contributed by atoms with Crippen molar-refractivity contribution in [3.8, 4) is 28.7 Å². The molecule has 1 heterocycles. The van der Waals surface area contributed by atoms with E-state index in [0.717, 1.165) is 24.0 Å². The molecule has 6 heteroatoms. The highest BCUT2D eigenvalue weighted by Crippen LogP contribution is 2.49. The average Bonchev–Trinajstić information content (AvgIpc) is 2.77. The quantitative estimate of drug-likeness (QED) is 0.297. The number of ketones is 1. The van der Waals surface area contributed by atoms with Gasteiger partial charge in [0.25, 0.3) is 0 Å². The second-order valence-corrected chi connectivity index (χ2v) is 9.90. The second kappa shape index (κ2) is 11.4. The molecule has 0 unspecified atom stereocenters. The molecule has 36 heavy (non-hydrogen) atoms. The summed E-state index contributed by atoms with van der Waals surface area (Å²) in [6, 6.07) is 4.10. The minimum Gasteiger partial charge on any atom is -0.508 e. The molecule has 1 atom stereocenters. The Labute approximate surface area is 212 Å². The van der Waals surface area contributed by atoms with Crippen LogP contribution < -0.4 is 4.74 Å². The van der Waals surface area contributed by atoms with E-state index in [1.54, 1.807) is 0 Å². The Hall–Kier alpha value is -3.67. The lowest BCUT2D eigenvalue weighted by Gasteiger charge is -2.29. The molecule has 6 nitrogen and oxygen atoms in total. The molecule has 192 valence electrons. The molecule has 0 fully saturated rings. The van der Waals surface area contributed by atoms with Crippen molar-refractivity contribution < 1.29 is 30.0 Å². The van der Waals surface area contributed by atoms with Crippen molar-refractivity contribution in [2.75, 3.05) is 0 Å². The SMILES string of the molecule is CC(C)=CCC/C(C)=C/Cc1c(O)c(CC=C(C)C)c2c(c1O)C(=O)C[C@@H](c1ccc(O)cc1O)O2. The van der Waals surface area contributed by atoms with Gasteiger partial charge in [-0.2, -0.15) is 0 Å². The number of carbonyl (C=O) groups excluding carboxylic acids is 1. The predicted octanol–water partition coefficient (Wildman–Crippen LogP) is 6.96. The molecule has 0 amide bonds. The van der Waals surface area contributed by atoms with Crippen molar-refractivity contribution in [3.63, 3.8) is 0 Å². The molecule has 4 N–H and O–H groups in total. The van der Waals surface area contributed by atoms with Gasteiger partial charge in [-0.05, 0) is 72.4 Å². The zero-order valence-corrected chi connectivity index (χ0v) is 21.7. The highest BCUT2D eigenvalue weighted by Gasteiger charge is 2.36. The first kappa shape index (κ1) is 26.9. The molecule has 0 aromatic heterocycles. The van der Waals surface area contributed by atoms with Crippen LogP contribution in [0, 0.1) is 0 Å². The smallest absolute Gasteiger partial charge is 0.174 e. The van der Waals surface area contributed by atoms with Crippen LogP contribution in [0.15, 0.2) is 53.1 Å². The van der Waals surface area contributed by atoms with Gasteiger partial charge >= 0.3 is 0 Å². The second-order valence-electron chi connectivity index (χ2n) is 9.90. The van der Waals surface area contributed by atoms with Crippen LogP contribution in [-0.4, -0.2) is 26.2 Å². The Balaban J connectivity index is 2.05. The van der Waals surface area contributed by atoms with Gasteiger partial charge in [0.2, 0.25) is 0 Å². The number of hydrogen-bond acceptors (Lipinski definition) is 6. The number of Topliss-reactive ketones (excluding diaryl/α,β-unsaturated/α-hetero) is 1. The van der Waals surface area contributed by atoms with Crippen molar-refractivity contribution in [1.82, 2.24) is 0 Å². The zero-order valence-electron chi connectivity index (χ0n) is 21.7. The number of phenolic OH excluding ortho intramolecular Hbond substituents is 4. The lowest BCUT2D eigenvalue weighted by atomic mass is 9.88. The Bertz CT molecular complexity index is 1240. The Morgan fingerprint density at radius 2 is 1.58 bits per heavy atom. The van der Waals surface area contributed by atoms with Gasteiger partial charge in [0.05, 0.1) is 6.42 Å². The first-order valence-electron chi connectivity index (χ1n) is 12.2. The van der Waals surface area contributed by atoms with E-state index >= 15 is 0 Å². The van der Waals surface area contributed by atoms with Gasteiger partial charge in [0.15, 0.2) is 5.78 Å². The maximum atomic E-state index is 13.3. The molecule has 0 saturated carbocycles. The van der Waals surface area contributed by atoms with Crippen molar-refractivity contribution in [1.29, 1.82) is 0 Å². The molecule has 0 spiro atoms. The van der Waals surface area contributed by atoms with Gasteiger partial charge in [0, 0.05) is 22.8 Å². The lowest BCUT2D eigenvalue weighted by molar-refractivity contribution is 0.0839. The van der Waals surface area contributed by atoms with E-state index in [4.69, 9.17) is 4.74 Å². The number of allylic oxidation sites excluding steroid dienone is 6. The van der Waals surface area contributed by atoms with Crippen molar-refractivity contribution in [2.45, 2.75) is 72.8 Å². The maximum absolute atomic E-state index is 13.3. The van der Waals surface area contributed by atoms with Gasteiger partial charge in [-0.3, -0.25) is 4.79 Å². The number of aromatic hydroxyl groups is 4. The summed E-state index contributed by atoms with van der Waals surface area (Å²) < 4.78 is 6.16. The fourth-order valence-corrected chi connectivity index (χ4v) is 4.29. The molecule has 0 bridgehead atoms. The highest BCUT2D eigenvalue weighted by molar-refractivity contribution is 6.04. The minimum absolute atomic E-state index is 0.0602. The molecule has 0 radical (unpaired) electrons. The molecule has 2 aromatic rings. The van der Waals surface area contributed by atoms with E-state index in [9.17, 15) is 25.2 Å². The number of phenols is 4. The van der Waals surface area contributed by atoms with E-state index in [-0.39, 0.29) is 52.9 Å². The van der Waals surface area contributed by atoms with Crippen molar-refractivity contribution in [2.24, 2.45) is 0 Å². The van der Waals surface area contributed by atoms with Crippen LogP contribution in [0.2, 0.25) is 0 Å². The maximum Gasteiger partial charge on any atom is 0.174 e. The number of benzene rings is 2. The predicted molar refractivity (Wildman–Crippen MR) is 141 cm³/mol. The topological polar surface area (TPSA) is 107 Å². The third-order valence-electron chi connectivity index (χ3n) is 6.33. The van der Waals surface area contributed by atoms with Gasteiger partial charge < -0.3 is 25.2 Å². The number of hydrogen-bond donors (Lipinski definition) is 4. The van der Waals surface area contributed by atoms with Crippen LogP contribution in [0.25, 0.3) is 0 Å². The lowest BCUT2D eigenvalue weighted by Crippen LogP contribution is -2.22. The molecular weight excluding hydrogens is 456 g/mol. The van der Waals surface area contributed by atoms with Crippen LogP contribution in [0.4, 0.5) is 0 Å². The Morgan fingerprint density at radius 1 is 0.917 bits per heavy atom. The van der Waals surface area contributed by atoms with Gasteiger partial charge in [-0.15, -0.1) is 0 Å². The molecule has 3 rings (SSSR count). The summed E-state index contributed by atoms with van der Waals surface area (Å²) >= 11 is 0. The largest absolute Gasteiger partial charge is 0.508 e. The van der Waals surface area contributed by atoms with E-state index in [2.05, 4.69) is 19.9 Å². The van der Waals surface area contributed by atoms with Crippen LogP contribution >= 0.6 is 0 Å². The summed E-state index contributed by atoms with van der Waals surface area (Å²) in [4.78, 5) is 13.3. The third kappa shape index (κ3) is 6.11. The van der Waals surface area contributed by atoms with Gasteiger partial charge in [-0.1, -0.05) is 34.9 Å². The monoisotopic (exact) mass is 492 g/mol. The van der Waals surface area contributed by atoms with E-state index in [1.165, 1.54) is 23.8 Å². The fraction of sp³-hybridized carbons (Fsp3) is 0.367. The zero-order chi connectivity index (χ0) is 26.6. The van der Waals surface area contributed by atoms with Gasteiger partial charge in [-0.25, -0.2) is 0 Å². The molecule has 0 aliphatic carbocycles. The van der Waals surface area contributed by atoms with Crippen molar-refractivity contribution >= 4 is 5.78 Å². The molecular formula is C30H36O6. The summed E-state index contributed by atoms with van der Waals surface area (Å²) in [5.74, 6) is -0.872. The summed E-state index contributed by atoms with van der Waals surface area (Å²) in [5.41, 5.74) is 4.54. The van der Waals surface area contributed by atoms with Crippen LogP contribution in [0.5, 0.6) is 28.7 Å². The number of rotatable bonds is 8. The Kier molecular flexibility index (Phi) is 8.51. The summed E-state index contributed by atoms with van der Waals surface area (Å²) in [5, 5.41) is 42.3. The van der Waals surface area contributed by atoms with E-state index in [0.29, 0.717) is 23.1 Å². The molecule has 0 saturated heterocycles. The third-order valence-corrected chi connectivity index (χ3v) is 6.33. The summed E-state index contributed by atoms with van der Waals surface area (Å²) in [6.07, 6.45) is 7.51. The Morgan fingerprint density at radius 3 is 2.22 bits per heavy atom. The number of fused-ring (bicyclic) bond motifs is 1. The first-order valence-corrected chi connectivity index (χ1v) is 12.2. The number of carbonyl (C=O) groups is 1. The summed E-state index contributed by atoms with van der Waals surface area (Å²) in [6.45, 7) is 10.0. The minimum atomic E-state index is -0.821. The molecule has 1 aliphatic rings. The average molecular weight is 493 g/mol. The molecule has 2 aromatic carbocycles. The van der Waals surface area contributed by atoms with Crippen LogP contribution in [0.1, 0.15) is 87.0 Å². The number of ether oxygens (including phenoxy) is 1. The highest BCUT2D eigenvalue weighted by atomic mass is 16.5. The van der Waals surface area contributed by atoms with E-state index in [1.807, 2.05) is 32.9 Å². The van der Waals surface area contributed by atoms with E-state index < -0.39 is 6.10 Å². The standard InChI is InChI=1S/C30H36O6/c1-17(2)7-6-8-19(5)10-13-22-28(34)23(12-9-18(3)4)30-27(29(22)35)25(33)16-26(36-30)21-14-11-20(31)15-24(21)32/h7,9-11,14-15,26,31-32,34-35H,6,8,12-13,16H2,1-5H3/b19-10+/t26-/m0/s1. The first-order chi connectivity index (χ1) is 17.0. The normalized spacial score (nSPS) is 15.2. The van der Waals surface area contributed by atoms with Gasteiger partial charge in [0.1, 0.15) is 40.4 Å². The van der Waals surface area contributed by atoms with Crippen molar-refractivity contribution in [3.05, 3.63) is 75.4 Å².